The van der Waals surface area contributed by atoms with Crippen molar-refractivity contribution in [2.45, 2.75) is 106 Å². The Labute approximate surface area is 190 Å². The Morgan fingerprint density at radius 3 is 1.20 bits per heavy atom. The quantitative estimate of drug-likeness (QED) is 0.183. The maximum absolute atomic E-state index is 6.33. The van der Waals surface area contributed by atoms with E-state index in [4.69, 9.17) is 8.85 Å². The van der Waals surface area contributed by atoms with Gasteiger partial charge in [-0.2, -0.15) is 0 Å². The van der Waals surface area contributed by atoms with Gasteiger partial charge in [0.1, 0.15) is 0 Å². The summed E-state index contributed by atoms with van der Waals surface area (Å²) in [5.41, 5.74) is 5.66. The third kappa shape index (κ3) is 18.1. The van der Waals surface area contributed by atoms with Crippen LogP contribution in [0.25, 0.3) is 0 Å². The molecule has 0 fully saturated rings. The van der Waals surface area contributed by atoms with Gasteiger partial charge in [-0.3, -0.25) is 0 Å². The molecule has 0 aliphatic rings. The molecule has 0 aromatic heterocycles. The molecule has 30 heavy (non-hydrogen) atoms. The molecule has 0 atom stereocenters. The second-order valence-electron chi connectivity index (χ2n) is 10.4. The van der Waals surface area contributed by atoms with Gasteiger partial charge in [0.05, 0.1) is 13.2 Å². The number of rotatable bonds is 15. The van der Waals surface area contributed by atoms with Crippen LogP contribution in [0, 0.1) is 0 Å². The second-order valence-corrected chi connectivity index (χ2v) is 19.0. The summed E-state index contributed by atoms with van der Waals surface area (Å²) in [4.78, 5) is 0. The van der Waals surface area contributed by atoms with Gasteiger partial charge in [0, 0.05) is 0 Å². The number of hydrogen-bond donors (Lipinski definition) is 0. The highest BCUT2D eigenvalue weighted by molar-refractivity contribution is 6.76. The molecule has 0 aromatic carbocycles. The van der Waals surface area contributed by atoms with E-state index in [1.165, 1.54) is 34.4 Å². The Morgan fingerprint density at radius 2 is 0.900 bits per heavy atom. The third-order valence-electron chi connectivity index (χ3n) is 5.32. The van der Waals surface area contributed by atoms with E-state index in [1.807, 2.05) is 0 Å². The van der Waals surface area contributed by atoms with Gasteiger partial charge in [-0.25, -0.2) is 0 Å². The molecule has 0 radical (unpaired) electrons. The second kappa shape index (κ2) is 15.2. The van der Waals surface area contributed by atoms with Gasteiger partial charge in [0.15, 0.2) is 16.6 Å². The minimum Gasteiger partial charge on any atom is -0.414 e. The first-order valence-electron chi connectivity index (χ1n) is 11.7. The van der Waals surface area contributed by atoms with Crippen LogP contribution in [0.15, 0.2) is 46.6 Å². The molecule has 0 unspecified atom stereocenters. The maximum Gasteiger partial charge on any atom is 0.187 e. The molecule has 0 aliphatic carbocycles. The molecule has 0 rings (SSSR count). The van der Waals surface area contributed by atoms with E-state index in [1.54, 1.807) is 0 Å². The molecule has 0 bridgehead atoms. The summed E-state index contributed by atoms with van der Waals surface area (Å²) in [6.07, 6.45) is 13.7. The Kier molecular flexibility index (Phi) is 14.8. The highest BCUT2D eigenvalue weighted by atomic mass is 28.4. The van der Waals surface area contributed by atoms with Crippen LogP contribution in [0.4, 0.5) is 0 Å². The first kappa shape index (κ1) is 29.3. The van der Waals surface area contributed by atoms with Crippen molar-refractivity contribution in [1.82, 2.24) is 0 Å². The van der Waals surface area contributed by atoms with E-state index in [2.05, 4.69) is 92.0 Å². The van der Waals surface area contributed by atoms with Crippen molar-refractivity contribution in [3.8, 4) is 0 Å². The SMILES string of the molecule is CC(C)=CCC/C(C)=C/CO[Si](C)(C)CC[Si](C)(C)OC/C=C(\C)CCC=C(C)C. The molecule has 174 valence electrons. The Bertz CT molecular complexity index is 549. The summed E-state index contributed by atoms with van der Waals surface area (Å²) in [5.74, 6) is 0. The summed E-state index contributed by atoms with van der Waals surface area (Å²) in [7, 11) is -3.28. The van der Waals surface area contributed by atoms with Crippen LogP contribution < -0.4 is 0 Å². The molecule has 0 heterocycles. The maximum atomic E-state index is 6.33. The van der Waals surface area contributed by atoms with Crippen molar-refractivity contribution >= 4 is 16.6 Å². The molecule has 2 nitrogen and oxygen atoms in total. The first-order chi connectivity index (χ1) is 13.8. The minimum atomic E-state index is -1.64. The van der Waals surface area contributed by atoms with Gasteiger partial charge in [-0.15, -0.1) is 0 Å². The van der Waals surface area contributed by atoms with Gasteiger partial charge in [-0.1, -0.05) is 46.6 Å². The van der Waals surface area contributed by atoms with Crippen molar-refractivity contribution < 1.29 is 8.85 Å². The standard InChI is InChI=1S/C26H50O2Si2/c1-23(2)13-11-15-25(5)17-19-27-29(7,8)21-22-30(9,10)28-20-18-26(6)16-12-14-24(3)4/h13-14,17-18H,11-12,15-16,19-22H2,1-10H3/b25-17+,26-18+. The van der Waals surface area contributed by atoms with Gasteiger partial charge in [0.2, 0.25) is 0 Å². The predicted molar refractivity (Wildman–Crippen MR) is 141 cm³/mol. The van der Waals surface area contributed by atoms with Crippen molar-refractivity contribution in [3.05, 3.63) is 46.6 Å². The highest BCUT2D eigenvalue weighted by Crippen LogP contribution is 2.22. The summed E-state index contributed by atoms with van der Waals surface area (Å²) in [6.45, 7) is 24.0. The van der Waals surface area contributed by atoms with Crippen LogP contribution in [-0.2, 0) is 8.85 Å². The fourth-order valence-corrected chi connectivity index (χ4v) is 9.12. The van der Waals surface area contributed by atoms with Crippen LogP contribution in [0.3, 0.4) is 0 Å². The molecule has 0 saturated heterocycles. The van der Waals surface area contributed by atoms with Crippen molar-refractivity contribution in [2.24, 2.45) is 0 Å². The van der Waals surface area contributed by atoms with Crippen LogP contribution in [-0.4, -0.2) is 29.8 Å². The van der Waals surface area contributed by atoms with Crippen LogP contribution >= 0.6 is 0 Å². The van der Waals surface area contributed by atoms with Crippen molar-refractivity contribution in [3.63, 3.8) is 0 Å². The zero-order chi connectivity index (χ0) is 23.2. The molecular formula is C26H50O2Si2. The lowest BCUT2D eigenvalue weighted by Crippen LogP contribution is -2.37. The van der Waals surface area contributed by atoms with E-state index in [9.17, 15) is 0 Å². The molecule has 0 saturated carbocycles. The Morgan fingerprint density at radius 1 is 0.567 bits per heavy atom. The van der Waals surface area contributed by atoms with Crippen LogP contribution in [0.1, 0.15) is 67.2 Å². The number of hydrogen-bond acceptors (Lipinski definition) is 2. The smallest absolute Gasteiger partial charge is 0.187 e. The van der Waals surface area contributed by atoms with Gasteiger partial charge in [-0.05, 0) is 106 Å². The van der Waals surface area contributed by atoms with Gasteiger partial charge < -0.3 is 8.85 Å². The lowest BCUT2D eigenvalue weighted by atomic mass is 10.1. The zero-order valence-corrected chi connectivity index (χ0v) is 23.8. The number of allylic oxidation sites excluding steroid dienone is 6. The first-order valence-corrected chi connectivity index (χ1v) is 17.9. The molecule has 0 aliphatic heterocycles. The van der Waals surface area contributed by atoms with Crippen LogP contribution in [0.5, 0.6) is 0 Å². The largest absolute Gasteiger partial charge is 0.414 e. The third-order valence-corrected chi connectivity index (χ3v) is 10.6. The average molecular weight is 451 g/mol. The van der Waals surface area contributed by atoms with E-state index in [0.717, 1.165) is 38.9 Å². The van der Waals surface area contributed by atoms with E-state index >= 15 is 0 Å². The minimum absolute atomic E-state index is 0.760. The highest BCUT2D eigenvalue weighted by Gasteiger charge is 2.29. The zero-order valence-electron chi connectivity index (χ0n) is 21.8. The van der Waals surface area contributed by atoms with Crippen LogP contribution in [0.2, 0.25) is 38.3 Å². The van der Waals surface area contributed by atoms with E-state index in [0.29, 0.717) is 0 Å². The molecule has 0 spiro atoms. The van der Waals surface area contributed by atoms with E-state index in [-0.39, 0.29) is 0 Å². The Hall–Kier alpha value is -0.686. The topological polar surface area (TPSA) is 18.5 Å². The van der Waals surface area contributed by atoms with Gasteiger partial charge >= 0.3 is 0 Å². The Balaban J connectivity index is 4.29. The molecule has 0 N–H and O–H groups in total. The fraction of sp³-hybridized carbons (Fsp3) is 0.692. The lowest BCUT2D eigenvalue weighted by Gasteiger charge is -2.28. The summed E-state index contributed by atoms with van der Waals surface area (Å²) < 4.78 is 12.7. The monoisotopic (exact) mass is 450 g/mol. The van der Waals surface area contributed by atoms with Gasteiger partial charge in [0.25, 0.3) is 0 Å². The lowest BCUT2D eigenvalue weighted by molar-refractivity contribution is 0.341. The molecule has 4 heteroatoms. The predicted octanol–water partition coefficient (Wildman–Crippen LogP) is 8.82. The average Bonchev–Trinajstić information content (AvgIpc) is 2.59. The van der Waals surface area contributed by atoms with Crippen molar-refractivity contribution in [2.75, 3.05) is 13.2 Å². The summed E-state index contributed by atoms with van der Waals surface area (Å²) in [5, 5.41) is 0. The molecule has 0 amide bonds. The van der Waals surface area contributed by atoms with E-state index < -0.39 is 16.6 Å². The molecule has 0 aromatic rings. The van der Waals surface area contributed by atoms with Crippen molar-refractivity contribution in [1.29, 1.82) is 0 Å². The summed E-state index contributed by atoms with van der Waals surface area (Å²) >= 11 is 0. The molecular weight excluding hydrogens is 400 g/mol. The normalized spacial score (nSPS) is 13.4. The summed E-state index contributed by atoms with van der Waals surface area (Å²) in [6, 6.07) is 2.36. The fourth-order valence-electron chi connectivity index (χ4n) is 2.95.